The molecule has 0 heterocycles. The molecule has 0 spiro atoms. The molecular weight excluding hydrogens is 132 g/mol. The van der Waals surface area contributed by atoms with E-state index in [-0.39, 0.29) is 0 Å². The molecule has 1 aliphatic rings. The van der Waals surface area contributed by atoms with Crippen molar-refractivity contribution in [3.05, 3.63) is 23.3 Å². The van der Waals surface area contributed by atoms with Crippen LogP contribution >= 0.6 is 0 Å². The van der Waals surface area contributed by atoms with Crippen LogP contribution in [0.3, 0.4) is 0 Å². The normalized spacial score (nSPS) is 32.4. The zero-order valence-electron chi connectivity index (χ0n) is 8.02. The van der Waals surface area contributed by atoms with Crippen LogP contribution in [-0.4, -0.2) is 0 Å². The highest BCUT2D eigenvalue weighted by Gasteiger charge is 2.33. The Hall–Kier alpha value is -0.520. The Bertz CT molecular complexity index is 196. The highest BCUT2D eigenvalue weighted by Crippen LogP contribution is 2.43. The van der Waals surface area contributed by atoms with E-state index < -0.39 is 0 Å². The quantitative estimate of drug-likeness (QED) is 0.528. The van der Waals surface area contributed by atoms with E-state index in [1.807, 2.05) is 0 Å². The largest absolute Gasteiger partial charge is 0.0847 e. The molecule has 0 nitrogen and oxygen atoms in total. The fraction of sp³-hybridized carbons (Fsp3) is 0.636. The van der Waals surface area contributed by atoms with Crippen LogP contribution in [0.25, 0.3) is 0 Å². The second-order valence-corrected chi connectivity index (χ2v) is 3.74. The Morgan fingerprint density at radius 1 is 1.36 bits per heavy atom. The molecule has 11 heavy (non-hydrogen) atoms. The third-order valence-electron chi connectivity index (χ3n) is 2.61. The van der Waals surface area contributed by atoms with E-state index in [1.165, 1.54) is 12.0 Å². The van der Waals surface area contributed by atoms with Gasteiger partial charge in [-0.15, -0.1) is 0 Å². The zero-order chi connectivity index (χ0) is 8.43. The molecule has 1 aliphatic carbocycles. The molecule has 1 saturated carbocycles. The van der Waals surface area contributed by atoms with Crippen LogP contribution in [0.2, 0.25) is 0 Å². The fourth-order valence-electron chi connectivity index (χ4n) is 1.51. The SMILES string of the molecule is C/C=C(C)\C=C(/C)C1CC1C. The highest BCUT2D eigenvalue weighted by molar-refractivity contribution is 5.24. The summed E-state index contributed by atoms with van der Waals surface area (Å²) in [6.07, 6.45) is 5.88. The smallest absolute Gasteiger partial charge is 0.0174 e. The molecule has 0 aromatic carbocycles. The lowest BCUT2D eigenvalue weighted by Gasteiger charge is -1.97. The predicted molar refractivity (Wildman–Crippen MR) is 50.5 cm³/mol. The summed E-state index contributed by atoms with van der Waals surface area (Å²) in [6, 6.07) is 0. The Labute approximate surface area is 70.0 Å². The van der Waals surface area contributed by atoms with E-state index in [2.05, 4.69) is 39.8 Å². The topological polar surface area (TPSA) is 0 Å². The molecule has 62 valence electrons. The maximum atomic E-state index is 2.33. The van der Waals surface area contributed by atoms with Crippen molar-refractivity contribution in [2.45, 2.75) is 34.1 Å². The number of hydrogen-bond acceptors (Lipinski definition) is 0. The molecule has 0 saturated heterocycles. The molecule has 1 rings (SSSR count). The number of hydrogen-bond donors (Lipinski definition) is 0. The molecule has 0 amide bonds. The lowest BCUT2D eigenvalue weighted by Crippen LogP contribution is -1.81. The molecule has 0 bridgehead atoms. The van der Waals surface area contributed by atoms with Crippen LogP contribution in [-0.2, 0) is 0 Å². The van der Waals surface area contributed by atoms with Gasteiger partial charge in [-0.05, 0) is 39.0 Å². The van der Waals surface area contributed by atoms with Crippen LogP contribution in [0, 0.1) is 11.8 Å². The minimum absolute atomic E-state index is 0.893. The van der Waals surface area contributed by atoms with Crippen molar-refractivity contribution >= 4 is 0 Å². The standard InChI is InChI=1S/C11H18/c1-5-8(2)6-9(3)11-7-10(11)4/h5-6,10-11H,7H2,1-4H3/b8-5-,9-6+. The average Bonchev–Trinajstić information content (AvgIpc) is 2.66. The summed E-state index contributed by atoms with van der Waals surface area (Å²) in [5, 5.41) is 0. The lowest BCUT2D eigenvalue weighted by atomic mass is 10.1. The molecule has 1 fully saturated rings. The number of rotatable bonds is 2. The molecule has 0 radical (unpaired) electrons. The number of allylic oxidation sites excluding steroid dienone is 4. The van der Waals surface area contributed by atoms with Gasteiger partial charge in [0.2, 0.25) is 0 Å². The van der Waals surface area contributed by atoms with Gasteiger partial charge in [0.1, 0.15) is 0 Å². The van der Waals surface area contributed by atoms with Crippen molar-refractivity contribution in [2.24, 2.45) is 11.8 Å². The monoisotopic (exact) mass is 150 g/mol. The van der Waals surface area contributed by atoms with Crippen molar-refractivity contribution in [3.8, 4) is 0 Å². The third-order valence-corrected chi connectivity index (χ3v) is 2.61. The molecule has 0 aromatic heterocycles. The summed E-state index contributed by atoms with van der Waals surface area (Å²) in [7, 11) is 0. The fourth-order valence-corrected chi connectivity index (χ4v) is 1.51. The summed E-state index contributed by atoms with van der Waals surface area (Å²) in [4.78, 5) is 0. The van der Waals surface area contributed by atoms with Crippen molar-refractivity contribution in [2.75, 3.05) is 0 Å². The van der Waals surface area contributed by atoms with E-state index in [9.17, 15) is 0 Å². The first-order valence-electron chi connectivity index (χ1n) is 4.46. The van der Waals surface area contributed by atoms with E-state index in [0.29, 0.717) is 0 Å². The first-order chi connectivity index (χ1) is 5.15. The Kier molecular flexibility index (Phi) is 2.53. The van der Waals surface area contributed by atoms with Gasteiger partial charge in [0.25, 0.3) is 0 Å². The van der Waals surface area contributed by atoms with Gasteiger partial charge >= 0.3 is 0 Å². The summed E-state index contributed by atoms with van der Waals surface area (Å²) in [5.41, 5.74) is 2.95. The maximum Gasteiger partial charge on any atom is -0.0174 e. The summed E-state index contributed by atoms with van der Waals surface area (Å²) < 4.78 is 0. The van der Waals surface area contributed by atoms with Crippen LogP contribution in [0.4, 0.5) is 0 Å². The van der Waals surface area contributed by atoms with E-state index in [0.717, 1.165) is 11.8 Å². The highest BCUT2D eigenvalue weighted by atomic mass is 14.4. The van der Waals surface area contributed by atoms with Crippen LogP contribution in [0.1, 0.15) is 34.1 Å². The van der Waals surface area contributed by atoms with E-state index in [1.54, 1.807) is 5.57 Å². The van der Waals surface area contributed by atoms with Crippen LogP contribution < -0.4 is 0 Å². The van der Waals surface area contributed by atoms with Crippen molar-refractivity contribution in [3.63, 3.8) is 0 Å². The van der Waals surface area contributed by atoms with Gasteiger partial charge in [0, 0.05) is 0 Å². The van der Waals surface area contributed by atoms with Gasteiger partial charge in [-0.25, -0.2) is 0 Å². The molecular formula is C11H18. The molecule has 0 aliphatic heterocycles. The van der Waals surface area contributed by atoms with Gasteiger partial charge < -0.3 is 0 Å². The van der Waals surface area contributed by atoms with Crippen molar-refractivity contribution < 1.29 is 0 Å². The van der Waals surface area contributed by atoms with Gasteiger partial charge in [-0.2, -0.15) is 0 Å². The first-order valence-corrected chi connectivity index (χ1v) is 4.46. The van der Waals surface area contributed by atoms with Crippen molar-refractivity contribution in [1.82, 2.24) is 0 Å². The van der Waals surface area contributed by atoms with E-state index >= 15 is 0 Å². The molecule has 0 heteroatoms. The molecule has 2 atom stereocenters. The van der Waals surface area contributed by atoms with Crippen LogP contribution in [0.5, 0.6) is 0 Å². The summed E-state index contributed by atoms with van der Waals surface area (Å²) in [6.45, 7) is 8.83. The van der Waals surface area contributed by atoms with Crippen molar-refractivity contribution in [1.29, 1.82) is 0 Å². The molecule has 0 N–H and O–H groups in total. The first kappa shape index (κ1) is 8.58. The Balaban J connectivity index is 2.53. The van der Waals surface area contributed by atoms with Gasteiger partial charge in [0.05, 0.1) is 0 Å². The third kappa shape index (κ3) is 2.21. The summed E-state index contributed by atoms with van der Waals surface area (Å²) in [5.74, 6) is 1.83. The van der Waals surface area contributed by atoms with Crippen LogP contribution in [0.15, 0.2) is 23.3 Å². The van der Waals surface area contributed by atoms with Gasteiger partial charge in [-0.1, -0.05) is 30.2 Å². The average molecular weight is 150 g/mol. The minimum Gasteiger partial charge on any atom is -0.0847 e. The Morgan fingerprint density at radius 2 is 1.91 bits per heavy atom. The lowest BCUT2D eigenvalue weighted by molar-refractivity contribution is 0.854. The maximum absolute atomic E-state index is 2.33. The second-order valence-electron chi connectivity index (χ2n) is 3.74. The van der Waals surface area contributed by atoms with Gasteiger partial charge in [0.15, 0.2) is 0 Å². The Morgan fingerprint density at radius 3 is 2.27 bits per heavy atom. The van der Waals surface area contributed by atoms with E-state index in [4.69, 9.17) is 0 Å². The predicted octanol–water partition coefficient (Wildman–Crippen LogP) is 3.55. The molecule has 2 unspecified atom stereocenters. The van der Waals surface area contributed by atoms with Gasteiger partial charge in [-0.3, -0.25) is 0 Å². The zero-order valence-corrected chi connectivity index (χ0v) is 8.02. The summed E-state index contributed by atoms with van der Waals surface area (Å²) >= 11 is 0. The minimum atomic E-state index is 0.893. The second kappa shape index (κ2) is 3.25. The molecule has 0 aromatic rings.